The van der Waals surface area contributed by atoms with Gasteiger partial charge in [0.2, 0.25) is 0 Å². The van der Waals surface area contributed by atoms with Gasteiger partial charge in [-0.2, -0.15) is 5.10 Å². The third kappa shape index (κ3) is 1.59. The Morgan fingerprint density at radius 1 is 1.41 bits per heavy atom. The predicted octanol–water partition coefficient (Wildman–Crippen LogP) is 2.24. The Labute approximate surface area is 102 Å². The van der Waals surface area contributed by atoms with Crippen molar-refractivity contribution in [2.75, 3.05) is 0 Å². The maximum atomic E-state index is 12.0. The van der Waals surface area contributed by atoms with Crippen LogP contribution in [0.4, 0.5) is 0 Å². The van der Waals surface area contributed by atoms with Gasteiger partial charge in [0, 0.05) is 18.9 Å². The van der Waals surface area contributed by atoms with Crippen LogP contribution < -0.4 is 5.56 Å². The molecule has 0 spiro atoms. The SMILES string of the molecule is CCn1ccn2nc(-c3cccs3)cc2c1=O. The maximum Gasteiger partial charge on any atom is 0.276 e. The van der Waals surface area contributed by atoms with E-state index in [1.54, 1.807) is 26.6 Å². The Bertz CT molecular complexity index is 709. The van der Waals surface area contributed by atoms with E-state index in [0.717, 1.165) is 10.6 Å². The molecule has 17 heavy (non-hydrogen) atoms. The summed E-state index contributed by atoms with van der Waals surface area (Å²) in [5.74, 6) is 0. The van der Waals surface area contributed by atoms with Gasteiger partial charge in [-0.3, -0.25) is 4.79 Å². The van der Waals surface area contributed by atoms with E-state index in [-0.39, 0.29) is 5.56 Å². The van der Waals surface area contributed by atoms with E-state index in [4.69, 9.17) is 0 Å². The second-order valence-corrected chi connectivity index (χ2v) is 4.67. The Kier molecular flexibility index (Phi) is 2.33. The van der Waals surface area contributed by atoms with Gasteiger partial charge >= 0.3 is 0 Å². The van der Waals surface area contributed by atoms with Crippen molar-refractivity contribution in [2.24, 2.45) is 0 Å². The molecule has 4 nitrogen and oxygen atoms in total. The molecular weight excluding hydrogens is 234 g/mol. The highest BCUT2D eigenvalue weighted by Crippen LogP contribution is 2.23. The monoisotopic (exact) mass is 245 g/mol. The number of hydrogen-bond donors (Lipinski definition) is 0. The summed E-state index contributed by atoms with van der Waals surface area (Å²) in [4.78, 5) is 13.1. The summed E-state index contributed by atoms with van der Waals surface area (Å²) < 4.78 is 3.32. The van der Waals surface area contributed by atoms with Gasteiger partial charge in [0.15, 0.2) is 0 Å². The highest BCUT2D eigenvalue weighted by Gasteiger charge is 2.08. The van der Waals surface area contributed by atoms with E-state index >= 15 is 0 Å². The van der Waals surface area contributed by atoms with Gasteiger partial charge in [-0.25, -0.2) is 4.52 Å². The summed E-state index contributed by atoms with van der Waals surface area (Å²) >= 11 is 1.62. The topological polar surface area (TPSA) is 39.3 Å². The Morgan fingerprint density at radius 2 is 2.29 bits per heavy atom. The Balaban J connectivity index is 2.26. The van der Waals surface area contributed by atoms with Crippen molar-refractivity contribution in [1.82, 2.24) is 14.2 Å². The summed E-state index contributed by atoms with van der Waals surface area (Å²) in [6.07, 6.45) is 3.58. The molecule has 0 aliphatic rings. The largest absolute Gasteiger partial charge is 0.312 e. The van der Waals surface area contributed by atoms with Crippen LogP contribution in [0.3, 0.4) is 0 Å². The van der Waals surface area contributed by atoms with Gasteiger partial charge in [0.1, 0.15) is 11.2 Å². The van der Waals surface area contributed by atoms with Crippen molar-refractivity contribution in [3.05, 3.63) is 46.3 Å². The molecular formula is C12H11N3OS. The van der Waals surface area contributed by atoms with E-state index in [1.165, 1.54) is 0 Å². The number of aromatic nitrogens is 3. The molecule has 0 bridgehead atoms. The fourth-order valence-corrected chi connectivity index (χ4v) is 2.50. The highest BCUT2D eigenvalue weighted by atomic mass is 32.1. The lowest BCUT2D eigenvalue weighted by atomic mass is 10.3. The van der Waals surface area contributed by atoms with Crippen molar-refractivity contribution >= 4 is 16.9 Å². The van der Waals surface area contributed by atoms with Gasteiger partial charge in [-0.1, -0.05) is 6.07 Å². The summed E-state index contributed by atoms with van der Waals surface area (Å²) in [5.41, 5.74) is 1.48. The number of rotatable bonds is 2. The van der Waals surface area contributed by atoms with E-state index in [9.17, 15) is 4.79 Å². The van der Waals surface area contributed by atoms with Crippen LogP contribution in [0.1, 0.15) is 6.92 Å². The molecule has 0 saturated carbocycles. The first-order chi connectivity index (χ1) is 8.29. The number of nitrogens with zero attached hydrogens (tertiary/aromatic N) is 3. The van der Waals surface area contributed by atoms with Crippen molar-refractivity contribution in [1.29, 1.82) is 0 Å². The summed E-state index contributed by atoms with van der Waals surface area (Å²) in [6.45, 7) is 2.63. The zero-order valence-corrected chi connectivity index (χ0v) is 10.1. The van der Waals surface area contributed by atoms with Crippen LogP contribution in [0.15, 0.2) is 40.8 Å². The summed E-state index contributed by atoms with van der Waals surface area (Å²) in [7, 11) is 0. The van der Waals surface area contributed by atoms with E-state index < -0.39 is 0 Å². The second-order valence-electron chi connectivity index (χ2n) is 3.73. The van der Waals surface area contributed by atoms with Crippen LogP contribution in [-0.2, 0) is 6.54 Å². The lowest BCUT2D eigenvalue weighted by Gasteiger charge is -2.00. The third-order valence-corrected chi connectivity index (χ3v) is 3.61. The molecule has 0 saturated heterocycles. The first kappa shape index (κ1) is 10.3. The molecule has 0 radical (unpaired) electrons. The maximum absolute atomic E-state index is 12.0. The smallest absolute Gasteiger partial charge is 0.276 e. The Hall–Kier alpha value is -1.88. The molecule has 86 valence electrons. The quantitative estimate of drug-likeness (QED) is 0.694. The zero-order valence-electron chi connectivity index (χ0n) is 9.33. The Morgan fingerprint density at radius 3 is 3.00 bits per heavy atom. The molecule has 3 aromatic rings. The fourth-order valence-electron chi connectivity index (χ4n) is 1.82. The molecule has 3 aromatic heterocycles. The number of aryl methyl sites for hydroxylation is 1. The van der Waals surface area contributed by atoms with Crippen LogP contribution in [0.2, 0.25) is 0 Å². The molecule has 0 atom stereocenters. The molecule has 0 aliphatic heterocycles. The van der Waals surface area contributed by atoms with Gasteiger partial charge in [-0.15, -0.1) is 11.3 Å². The average molecular weight is 245 g/mol. The first-order valence-corrected chi connectivity index (χ1v) is 6.30. The number of hydrogen-bond acceptors (Lipinski definition) is 3. The molecule has 0 amide bonds. The van der Waals surface area contributed by atoms with Gasteiger partial charge in [0.05, 0.1) is 4.88 Å². The number of thiophene rings is 1. The van der Waals surface area contributed by atoms with E-state index in [2.05, 4.69) is 5.10 Å². The third-order valence-electron chi connectivity index (χ3n) is 2.72. The lowest BCUT2D eigenvalue weighted by molar-refractivity contribution is 0.715. The van der Waals surface area contributed by atoms with Crippen LogP contribution in [-0.4, -0.2) is 14.2 Å². The molecule has 0 aromatic carbocycles. The molecule has 0 fully saturated rings. The van der Waals surface area contributed by atoms with Crippen molar-refractivity contribution < 1.29 is 0 Å². The van der Waals surface area contributed by atoms with Crippen molar-refractivity contribution in [3.63, 3.8) is 0 Å². The lowest BCUT2D eigenvalue weighted by Crippen LogP contribution is -2.20. The standard InChI is InChI=1S/C12H11N3OS/c1-2-14-5-6-15-10(12(14)16)8-9(13-15)11-4-3-7-17-11/h3-8H,2H2,1H3. The van der Waals surface area contributed by atoms with Crippen molar-refractivity contribution in [3.8, 4) is 10.6 Å². The minimum absolute atomic E-state index is 0.00491. The minimum atomic E-state index is 0.00491. The van der Waals surface area contributed by atoms with Gasteiger partial charge < -0.3 is 4.57 Å². The molecule has 3 rings (SSSR count). The first-order valence-electron chi connectivity index (χ1n) is 5.42. The summed E-state index contributed by atoms with van der Waals surface area (Å²) in [6, 6.07) is 5.83. The van der Waals surface area contributed by atoms with Crippen LogP contribution in [0.25, 0.3) is 16.1 Å². The second kappa shape index (κ2) is 3.85. The molecule has 0 unspecified atom stereocenters. The summed E-state index contributed by atoms with van der Waals surface area (Å²) in [5, 5.41) is 6.41. The van der Waals surface area contributed by atoms with Gasteiger partial charge in [-0.05, 0) is 24.4 Å². The molecule has 0 N–H and O–H groups in total. The van der Waals surface area contributed by atoms with E-state index in [1.807, 2.05) is 36.7 Å². The fraction of sp³-hybridized carbons (Fsp3) is 0.167. The molecule has 5 heteroatoms. The predicted molar refractivity (Wildman–Crippen MR) is 68.4 cm³/mol. The molecule has 0 aliphatic carbocycles. The van der Waals surface area contributed by atoms with Gasteiger partial charge in [0.25, 0.3) is 5.56 Å². The highest BCUT2D eigenvalue weighted by molar-refractivity contribution is 7.13. The zero-order chi connectivity index (χ0) is 11.8. The minimum Gasteiger partial charge on any atom is -0.312 e. The van der Waals surface area contributed by atoms with Crippen LogP contribution in [0.5, 0.6) is 0 Å². The number of fused-ring (bicyclic) bond motifs is 1. The van der Waals surface area contributed by atoms with Crippen LogP contribution >= 0.6 is 11.3 Å². The molecule has 3 heterocycles. The normalized spacial score (nSPS) is 11.1. The average Bonchev–Trinajstić information content (AvgIpc) is 2.98. The van der Waals surface area contributed by atoms with Crippen LogP contribution in [0, 0.1) is 0 Å². The van der Waals surface area contributed by atoms with Crippen molar-refractivity contribution in [2.45, 2.75) is 13.5 Å². The van der Waals surface area contributed by atoms with E-state index in [0.29, 0.717) is 12.1 Å².